The quantitative estimate of drug-likeness (QED) is 0.804. The van der Waals surface area contributed by atoms with Gasteiger partial charge in [0.25, 0.3) is 0 Å². The molecule has 0 aromatic heterocycles. The van der Waals surface area contributed by atoms with Crippen LogP contribution in [0.3, 0.4) is 0 Å². The summed E-state index contributed by atoms with van der Waals surface area (Å²) < 4.78 is 13.4. The summed E-state index contributed by atoms with van der Waals surface area (Å²) in [6, 6.07) is 6.28. The van der Waals surface area contributed by atoms with Gasteiger partial charge < -0.3 is 4.90 Å². The van der Waals surface area contributed by atoms with Crippen molar-refractivity contribution in [1.29, 1.82) is 0 Å². The summed E-state index contributed by atoms with van der Waals surface area (Å²) in [6.07, 6.45) is 0.0766. The summed E-state index contributed by atoms with van der Waals surface area (Å²) in [5, 5.41) is 0. The van der Waals surface area contributed by atoms with Crippen LogP contribution in [0.25, 0.3) is 0 Å². The summed E-state index contributed by atoms with van der Waals surface area (Å²) in [5.41, 5.74) is 0.410. The van der Waals surface area contributed by atoms with Gasteiger partial charge in [-0.3, -0.25) is 14.5 Å². The fourth-order valence-corrected chi connectivity index (χ4v) is 2.10. The Morgan fingerprint density at radius 1 is 1.32 bits per heavy atom. The summed E-state index contributed by atoms with van der Waals surface area (Å²) >= 11 is 0. The van der Waals surface area contributed by atoms with E-state index in [-0.39, 0.29) is 37.0 Å². The van der Waals surface area contributed by atoms with Gasteiger partial charge in [-0.1, -0.05) is 18.2 Å². The van der Waals surface area contributed by atoms with Crippen LogP contribution in [0.2, 0.25) is 0 Å². The minimum atomic E-state index is -0.356. The van der Waals surface area contributed by atoms with Crippen LogP contribution in [0.5, 0.6) is 0 Å². The third-order valence-corrected chi connectivity index (χ3v) is 3.28. The number of Topliss-reactive ketones (excluding diaryl/α,β-unsaturated/α-hetero) is 1. The van der Waals surface area contributed by atoms with E-state index in [1.807, 2.05) is 4.90 Å². The standard InChI is InChI=1S/C14H17FN2O2/c1-16-6-7-17(10-14(16)19)9-12(18)8-11-4-2-3-5-13(11)15/h2-5H,6-10H2,1H3. The number of rotatable bonds is 4. The number of likely N-dealkylation sites (N-methyl/N-ethyl adjacent to an activating group) is 1. The topological polar surface area (TPSA) is 40.6 Å². The summed E-state index contributed by atoms with van der Waals surface area (Å²) in [7, 11) is 1.75. The highest BCUT2D eigenvalue weighted by Crippen LogP contribution is 2.08. The lowest BCUT2D eigenvalue weighted by Crippen LogP contribution is -2.50. The third-order valence-electron chi connectivity index (χ3n) is 3.28. The number of nitrogens with zero attached hydrogens (tertiary/aromatic N) is 2. The molecule has 0 N–H and O–H groups in total. The second-order valence-electron chi connectivity index (χ2n) is 4.83. The van der Waals surface area contributed by atoms with Crippen molar-refractivity contribution in [3.63, 3.8) is 0 Å². The van der Waals surface area contributed by atoms with E-state index in [2.05, 4.69) is 0 Å². The van der Waals surface area contributed by atoms with Gasteiger partial charge in [0.2, 0.25) is 5.91 Å². The number of carbonyl (C=O) groups is 2. The number of ketones is 1. The van der Waals surface area contributed by atoms with Crippen LogP contribution in [-0.4, -0.2) is 54.7 Å². The van der Waals surface area contributed by atoms with Crippen molar-refractivity contribution in [3.8, 4) is 0 Å². The first-order valence-corrected chi connectivity index (χ1v) is 6.27. The largest absolute Gasteiger partial charge is 0.343 e. The zero-order valence-electron chi connectivity index (χ0n) is 10.9. The predicted octanol–water partition coefficient (Wildman–Crippen LogP) is 0.711. The summed E-state index contributed by atoms with van der Waals surface area (Å²) in [6.45, 7) is 1.78. The molecule has 2 rings (SSSR count). The van der Waals surface area contributed by atoms with Gasteiger partial charge in [-0.2, -0.15) is 0 Å². The summed E-state index contributed by atoms with van der Waals surface area (Å²) in [4.78, 5) is 26.9. The smallest absolute Gasteiger partial charge is 0.236 e. The van der Waals surface area contributed by atoms with Gasteiger partial charge in [0.15, 0.2) is 5.78 Å². The van der Waals surface area contributed by atoms with E-state index in [4.69, 9.17) is 0 Å². The lowest BCUT2D eigenvalue weighted by molar-refractivity contribution is -0.135. The van der Waals surface area contributed by atoms with Crippen LogP contribution in [0.15, 0.2) is 24.3 Å². The minimum Gasteiger partial charge on any atom is -0.343 e. The first kappa shape index (κ1) is 13.7. The van der Waals surface area contributed by atoms with Gasteiger partial charge in [-0.15, -0.1) is 0 Å². The van der Waals surface area contributed by atoms with Gasteiger partial charge in [-0.05, 0) is 11.6 Å². The maximum absolute atomic E-state index is 13.4. The Bertz CT molecular complexity index is 490. The van der Waals surface area contributed by atoms with E-state index in [0.717, 1.165) is 0 Å². The Labute approximate surface area is 111 Å². The molecule has 0 bridgehead atoms. The molecule has 0 aliphatic carbocycles. The predicted molar refractivity (Wildman–Crippen MR) is 69.2 cm³/mol. The van der Waals surface area contributed by atoms with E-state index in [9.17, 15) is 14.0 Å². The first-order chi connectivity index (χ1) is 9.06. The Kier molecular flexibility index (Phi) is 4.27. The average Bonchev–Trinajstić information content (AvgIpc) is 2.37. The van der Waals surface area contributed by atoms with E-state index in [0.29, 0.717) is 18.7 Å². The number of hydrogen-bond acceptors (Lipinski definition) is 3. The molecule has 0 unspecified atom stereocenters. The van der Waals surface area contributed by atoms with E-state index in [1.54, 1.807) is 30.1 Å². The third kappa shape index (κ3) is 3.61. The maximum Gasteiger partial charge on any atom is 0.236 e. The molecule has 5 heteroatoms. The number of hydrogen-bond donors (Lipinski definition) is 0. The van der Waals surface area contributed by atoms with Crippen molar-refractivity contribution in [1.82, 2.24) is 9.80 Å². The van der Waals surface area contributed by atoms with Crippen molar-refractivity contribution in [2.45, 2.75) is 6.42 Å². The van der Waals surface area contributed by atoms with Crippen LogP contribution in [0.4, 0.5) is 4.39 Å². The lowest BCUT2D eigenvalue weighted by atomic mass is 10.1. The summed E-state index contributed by atoms with van der Waals surface area (Å²) in [5.74, 6) is -0.405. The van der Waals surface area contributed by atoms with Crippen LogP contribution >= 0.6 is 0 Å². The zero-order valence-corrected chi connectivity index (χ0v) is 10.9. The molecule has 19 heavy (non-hydrogen) atoms. The lowest BCUT2D eigenvalue weighted by Gasteiger charge is -2.31. The zero-order chi connectivity index (χ0) is 13.8. The fraction of sp³-hybridized carbons (Fsp3) is 0.429. The Balaban J connectivity index is 1.88. The van der Waals surface area contributed by atoms with E-state index >= 15 is 0 Å². The molecule has 102 valence electrons. The molecule has 1 heterocycles. The molecule has 0 spiro atoms. The molecule has 1 saturated heterocycles. The second kappa shape index (κ2) is 5.93. The number of halogens is 1. The van der Waals surface area contributed by atoms with Gasteiger partial charge >= 0.3 is 0 Å². The Morgan fingerprint density at radius 2 is 2.05 bits per heavy atom. The van der Waals surface area contributed by atoms with Crippen LogP contribution in [0, 0.1) is 5.82 Å². The molecule has 1 aromatic rings. The molecule has 4 nitrogen and oxygen atoms in total. The first-order valence-electron chi connectivity index (χ1n) is 6.27. The number of amides is 1. The SMILES string of the molecule is CN1CCN(CC(=O)Cc2ccccc2F)CC1=O. The minimum absolute atomic E-state index is 0.0185. The molecule has 1 fully saturated rings. The van der Waals surface area contributed by atoms with Gasteiger partial charge in [0, 0.05) is 26.6 Å². The normalized spacial score (nSPS) is 16.7. The molecule has 1 aliphatic rings. The Hall–Kier alpha value is -1.75. The van der Waals surface area contributed by atoms with Gasteiger partial charge in [-0.25, -0.2) is 4.39 Å². The van der Waals surface area contributed by atoms with Crippen LogP contribution in [0.1, 0.15) is 5.56 Å². The molecule has 1 aromatic carbocycles. The molecular formula is C14H17FN2O2. The highest BCUT2D eigenvalue weighted by molar-refractivity contribution is 5.84. The highest BCUT2D eigenvalue weighted by atomic mass is 19.1. The molecule has 0 atom stereocenters. The van der Waals surface area contributed by atoms with Crippen molar-refractivity contribution >= 4 is 11.7 Å². The van der Waals surface area contributed by atoms with Crippen LogP contribution < -0.4 is 0 Å². The number of carbonyl (C=O) groups excluding carboxylic acids is 2. The van der Waals surface area contributed by atoms with Crippen molar-refractivity contribution in [2.24, 2.45) is 0 Å². The number of piperazine rings is 1. The average molecular weight is 264 g/mol. The van der Waals surface area contributed by atoms with Gasteiger partial charge in [0.1, 0.15) is 5.82 Å². The molecule has 0 radical (unpaired) electrons. The second-order valence-corrected chi connectivity index (χ2v) is 4.83. The van der Waals surface area contributed by atoms with Gasteiger partial charge in [0.05, 0.1) is 13.1 Å². The van der Waals surface area contributed by atoms with Crippen molar-refractivity contribution in [2.75, 3.05) is 33.2 Å². The molecule has 1 aliphatic heterocycles. The van der Waals surface area contributed by atoms with E-state index in [1.165, 1.54) is 6.07 Å². The van der Waals surface area contributed by atoms with Crippen LogP contribution in [-0.2, 0) is 16.0 Å². The van der Waals surface area contributed by atoms with Crippen molar-refractivity contribution in [3.05, 3.63) is 35.6 Å². The highest BCUT2D eigenvalue weighted by Gasteiger charge is 2.22. The monoisotopic (exact) mass is 264 g/mol. The van der Waals surface area contributed by atoms with E-state index < -0.39 is 0 Å². The molecular weight excluding hydrogens is 247 g/mol. The Morgan fingerprint density at radius 3 is 2.74 bits per heavy atom. The maximum atomic E-state index is 13.4. The fourth-order valence-electron chi connectivity index (χ4n) is 2.10. The number of benzene rings is 1. The molecule has 1 amide bonds. The van der Waals surface area contributed by atoms with Crippen molar-refractivity contribution < 1.29 is 14.0 Å². The molecule has 0 saturated carbocycles.